The number of aromatic nitrogens is 2. The minimum atomic E-state index is -0.388. The highest BCUT2D eigenvalue weighted by molar-refractivity contribution is 9.11. The fraction of sp³-hybridized carbons (Fsp3) is 0.0690. The lowest BCUT2D eigenvalue weighted by Crippen LogP contribution is -2.29. The maximum atomic E-state index is 5.68. The maximum Gasteiger partial charge on any atom is 0.104 e. The van der Waals surface area contributed by atoms with Crippen molar-refractivity contribution < 1.29 is 0 Å². The zero-order valence-electron chi connectivity index (χ0n) is 20.3. The van der Waals surface area contributed by atoms with Crippen molar-refractivity contribution in [3.63, 3.8) is 0 Å². The Bertz CT molecular complexity index is 1510. The van der Waals surface area contributed by atoms with Crippen molar-refractivity contribution in [1.82, 2.24) is 15.0 Å². The third-order valence-electron chi connectivity index (χ3n) is 6.20. The number of halogens is 2. The average molecular weight is 631 g/mol. The van der Waals surface area contributed by atoms with Gasteiger partial charge in [-0.2, -0.15) is 0 Å². The molecule has 1 unspecified atom stereocenters. The van der Waals surface area contributed by atoms with Crippen molar-refractivity contribution in [1.29, 1.82) is 0 Å². The molecule has 1 aromatic heterocycles. The molecular weight excluding hydrogens is 606 g/mol. The van der Waals surface area contributed by atoms with Crippen LogP contribution < -0.4 is 11.2 Å². The number of imidazole rings is 1. The molecule has 5 rings (SSSR count). The molecule has 0 amide bonds. The van der Waals surface area contributed by atoms with Gasteiger partial charge >= 0.3 is 0 Å². The van der Waals surface area contributed by atoms with Gasteiger partial charge in [-0.05, 0) is 58.3 Å². The van der Waals surface area contributed by atoms with Crippen molar-refractivity contribution in [3.05, 3.63) is 141 Å². The van der Waals surface area contributed by atoms with Crippen molar-refractivity contribution >= 4 is 48.6 Å². The van der Waals surface area contributed by atoms with Gasteiger partial charge in [0.15, 0.2) is 0 Å². The molecule has 9 heteroatoms. The highest BCUT2D eigenvalue weighted by Crippen LogP contribution is 2.38. The van der Waals surface area contributed by atoms with Crippen molar-refractivity contribution in [2.45, 2.75) is 12.1 Å². The van der Waals surface area contributed by atoms with E-state index >= 15 is 0 Å². The number of nitrogens with one attached hydrogen (secondary N) is 2. The van der Waals surface area contributed by atoms with Crippen molar-refractivity contribution in [2.24, 2.45) is 16.3 Å². The van der Waals surface area contributed by atoms with E-state index in [4.69, 9.17) is 5.84 Å². The number of aromatic amines is 1. The largest absolute Gasteiger partial charge is 0.373 e. The summed E-state index contributed by atoms with van der Waals surface area (Å²) in [5.74, 6) is 5.68. The Kier molecular flexibility index (Phi) is 7.86. The molecule has 1 heterocycles. The normalized spacial score (nSPS) is 12.2. The van der Waals surface area contributed by atoms with Crippen LogP contribution in [0.1, 0.15) is 28.8 Å². The minimum absolute atomic E-state index is 0.314. The van der Waals surface area contributed by atoms with Gasteiger partial charge in [-0.3, -0.25) is 0 Å². The van der Waals surface area contributed by atoms with Crippen molar-refractivity contribution in [3.8, 4) is 0 Å². The number of nitrogens with zero attached hydrogens (tertiary/aromatic N) is 4. The Balaban J connectivity index is 1.62. The molecule has 0 bridgehead atoms. The molecule has 4 N–H and O–H groups in total. The zero-order chi connectivity index (χ0) is 26.5. The molecule has 0 spiro atoms. The number of fused-ring (bicyclic) bond motifs is 1. The highest BCUT2D eigenvalue weighted by atomic mass is 79.9. The standard InChI is InChI=1S/C29H25Br2N7/c1-19(38(37-36-32)29(20-8-4-2-5-9-20)21-10-6-3-7-11-21)28(22-14-23(30)16-24(31)15-22)35-25-12-13-26-27(17-25)34-18-33-26/h2-18,28-29,35H,1H2,(H2,32,37)(H,33,34). The van der Waals surface area contributed by atoms with E-state index < -0.39 is 0 Å². The van der Waals surface area contributed by atoms with E-state index in [1.165, 1.54) is 0 Å². The molecule has 0 fully saturated rings. The molecule has 4 aromatic carbocycles. The van der Waals surface area contributed by atoms with E-state index in [9.17, 15) is 0 Å². The van der Waals surface area contributed by atoms with E-state index in [-0.39, 0.29) is 12.1 Å². The third-order valence-corrected chi connectivity index (χ3v) is 7.12. The molecule has 7 nitrogen and oxygen atoms in total. The van der Waals surface area contributed by atoms with Crippen LogP contribution in [0.3, 0.4) is 0 Å². The number of hydrogen-bond acceptors (Lipinski definition) is 4. The first kappa shape index (κ1) is 25.7. The summed E-state index contributed by atoms with van der Waals surface area (Å²) in [6.45, 7) is 4.53. The highest BCUT2D eigenvalue weighted by Gasteiger charge is 2.29. The van der Waals surface area contributed by atoms with Crippen LogP contribution in [-0.4, -0.2) is 15.0 Å². The molecule has 0 aliphatic heterocycles. The lowest BCUT2D eigenvalue weighted by atomic mass is 9.96. The maximum absolute atomic E-state index is 5.68. The van der Waals surface area contributed by atoms with Crippen LogP contribution in [-0.2, 0) is 0 Å². The van der Waals surface area contributed by atoms with Crippen LogP contribution >= 0.6 is 31.9 Å². The Morgan fingerprint density at radius 3 is 2.11 bits per heavy atom. The molecule has 0 aliphatic rings. The van der Waals surface area contributed by atoms with E-state index in [0.29, 0.717) is 5.70 Å². The first-order valence-corrected chi connectivity index (χ1v) is 13.5. The van der Waals surface area contributed by atoms with E-state index in [1.54, 1.807) is 11.3 Å². The van der Waals surface area contributed by atoms with Gasteiger partial charge in [0.1, 0.15) is 6.04 Å². The van der Waals surface area contributed by atoms with Crippen LogP contribution in [0.5, 0.6) is 0 Å². The number of benzene rings is 4. The predicted molar refractivity (Wildman–Crippen MR) is 159 cm³/mol. The first-order chi connectivity index (χ1) is 18.5. The van der Waals surface area contributed by atoms with Crippen LogP contribution in [0, 0.1) is 0 Å². The summed E-state index contributed by atoms with van der Waals surface area (Å²) in [4.78, 5) is 7.55. The predicted octanol–water partition coefficient (Wildman–Crippen LogP) is 8.09. The van der Waals surface area contributed by atoms with Gasteiger partial charge < -0.3 is 16.1 Å². The van der Waals surface area contributed by atoms with E-state index in [0.717, 1.165) is 42.4 Å². The molecule has 5 aromatic rings. The topological polar surface area (TPSA) is 94.7 Å². The second kappa shape index (κ2) is 11.6. The second-order valence-corrected chi connectivity index (χ2v) is 10.5. The molecule has 0 saturated carbocycles. The number of nitrogens with two attached hydrogens (primary N) is 1. The Morgan fingerprint density at radius 2 is 1.50 bits per heavy atom. The second-order valence-electron chi connectivity index (χ2n) is 8.68. The molecular formula is C29H25Br2N7. The van der Waals surface area contributed by atoms with Gasteiger partial charge in [0.25, 0.3) is 0 Å². The zero-order valence-corrected chi connectivity index (χ0v) is 23.5. The summed E-state index contributed by atoms with van der Waals surface area (Å²) >= 11 is 7.27. The summed E-state index contributed by atoms with van der Waals surface area (Å²) in [6.07, 6.45) is 1.68. The first-order valence-electron chi connectivity index (χ1n) is 11.9. The number of hydrogen-bond donors (Lipinski definition) is 3. The summed E-state index contributed by atoms with van der Waals surface area (Å²) in [7, 11) is 0. The van der Waals surface area contributed by atoms with Gasteiger partial charge in [0.05, 0.1) is 29.1 Å². The van der Waals surface area contributed by atoms with Gasteiger partial charge in [0.2, 0.25) is 0 Å². The van der Waals surface area contributed by atoms with Gasteiger partial charge in [-0.15, -0.1) is 0 Å². The quantitative estimate of drug-likeness (QED) is 0.0871. The number of rotatable bonds is 9. The molecule has 1 atom stereocenters. The van der Waals surface area contributed by atoms with Crippen LogP contribution in [0.15, 0.2) is 135 Å². The Labute approximate surface area is 237 Å². The fourth-order valence-electron chi connectivity index (χ4n) is 4.50. The minimum Gasteiger partial charge on any atom is -0.373 e. The summed E-state index contributed by atoms with van der Waals surface area (Å²) < 4.78 is 1.86. The summed E-state index contributed by atoms with van der Waals surface area (Å²) in [5, 5.41) is 13.5. The Hall–Kier alpha value is -3.95. The summed E-state index contributed by atoms with van der Waals surface area (Å²) in [6, 6.07) is 31.7. The van der Waals surface area contributed by atoms with Gasteiger partial charge in [0, 0.05) is 14.6 Å². The van der Waals surface area contributed by atoms with Crippen LogP contribution in [0.2, 0.25) is 0 Å². The molecule has 0 radical (unpaired) electrons. The van der Waals surface area contributed by atoms with E-state index in [1.807, 2.05) is 60.7 Å². The summed E-state index contributed by atoms with van der Waals surface area (Å²) in [5.41, 5.74) is 6.38. The Morgan fingerprint density at radius 1 is 0.868 bits per heavy atom. The molecule has 0 aliphatic carbocycles. The smallest absolute Gasteiger partial charge is 0.104 e. The SMILES string of the molecule is C=C(C(Nc1ccc2[nH]cnc2c1)c1cc(Br)cc(Br)c1)N(/N=N\N)C(c1ccccc1)c1ccccc1. The average Bonchev–Trinajstić information content (AvgIpc) is 3.40. The number of H-pyrrole nitrogens is 1. The lowest BCUT2D eigenvalue weighted by molar-refractivity contribution is 0.267. The van der Waals surface area contributed by atoms with Crippen LogP contribution in [0.4, 0.5) is 5.69 Å². The molecule has 190 valence electrons. The van der Waals surface area contributed by atoms with E-state index in [2.05, 4.69) is 101 Å². The third kappa shape index (κ3) is 5.64. The fourth-order valence-corrected chi connectivity index (χ4v) is 5.83. The molecule has 0 saturated heterocycles. The monoisotopic (exact) mass is 629 g/mol. The number of anilines is 1. The lowest BCUT2D eigenvalue weighted by Gasteiger charge is -2.34. The molecule has 38 heavy (non-hydrogen) atoms. The van der Waals surface area contributed by atoms with Crippen molar-refractivity contribution in [2.75, 3.05) is 5.32 Å². The van der Waals surface area contributed by atoms with Gasteiger partial charge in [-0.25, -0.2) is 9.99 Å². The van der Waals surface area contributed by atoms with Gasteiger partial charge in [-0.1, -0.05) is 104 Å². The van der Waals surface area contributed by atoms with Crippen LogP contribution in [0.25, 0.3) is 11.0 Å².